The van der Waals surface area contributed by atoms with E-state index < -0.39 is 5.82 Å². The van der Waals surface area contributed by atoms with Gasteiger partial charge in [-0.15, -0.1) is 0 Å². The molecular weight excluding hydrogens is 359 g/mol. The van der Waals surface area contributed by atoms with Crippen LogP contribution in [0, 0.1) is 12.7 Å². The fraction of sp³-hybridized carbons (Fsp3) is 0.450. The maximum absolute atomic E-state index is 13.9. The zero-order chi connectivity index (χ0) is 19.7. The minimum absolute atomic E-state index is 0.192. The minimum atomic E-state index is -0.439. The third-order valence-corrected chi connectivity index (χ3v) is 5.36. The predicted molar refractivity (Wildman–Crippen MR) is 106 cm³/mol. The Bertz CT molecular complexity index is 881. The Balaban J connectivity index is 1.55. The molecule has 3 heterocycles. The number of piperazine rings is 1. The van der Waals surface area contributed by atoms with Crippen LogP contribution >= 0.6 is 0 Å². The molecule has 7 nitrogen and oxygen atoms in total. The van der Waals surface area contributed by atoms with Gasteiger partial charge in [0.15, 0.2) is 0 Å². The average molecular weight is 384 g/mol. The topological polar surface area (TPSA) is 64.6 Å². The molecule has 28 heavy (non-hydrogen) atoms. The summed E-state index contributed by atoms with van der Waals surface area (Å²) in [4.78, 5) is 28.3. The lowest BCUT2D eigenvalue weighted by atomic mass is 10.1. The molecule has 0 atom stereocenters. The lowest BCUT2D eigenvalue weighted by molar-refractivity contribution is 0.205. The number of nitrogens with zero attached hydrogens (tertiary/aromatic N) is 5. The Morgan fingerprint density at radius 2 is 1.86 bits per heavy atom. The van der Waals surface area contributed by atoms with E-state index in [0.717, 1.165) is 49.1 Å². The largest absolute Gasteiger partial charge is 0.354 e. The Labute approximate surface area is 164 Å². The highest BCUT2D eigenvalue weighted by molar-refractivity contribution is 5.89. The highest BCUT2D eigenvalue weighted by Gasteiger charge is 2.28. The number of urea groups is 1. The fourth-order valence-electron chi connectivity index (χ4n) is 3.73. The molecule has 2 aromatic rings. The number of hydrogen-bond donors (Lipinski definition) is 1. The number of anilines is 2. The Morgan fingerprint density at radius 1 is 1.11 bits per heavy atom. The number of carbonyl (C=O) groups excluding carboxylic acids is 1. The van der Waals surface area contributed by atoms with E-state index in [0.29, 0.717) is 19.5 Å². The number of hydrogen-bond acceptors (Lipinski definition) is 5. The molecule has 1 saturated heterocycles. The van der Waals surface area contributed by atoms with Gasteiger partial charge in [0.2, 0.25) is 0 Å². The van der Waals surface area contributed by atoms with Crippen molar-refractivity contribution in [3.05, 3.63) is 47.2 Å². The van der Waals surface area contributed by atoms with Crippen LogP contribution in [0.5, 0.6) is 0 Å². The van der Waals surface area contributed by atoms with Crippen LogP contribution < -0.4 is 10.2 Å². The summed E-state index contributed by atoms with van der Waals surface area (Å²) in [7, 11) is 2.12. The second-order valence-corrected chi connectivity index (χ2v) is 7.39. The molecule has 0 unspecified atom stereocenters. The van der Waals surface area contributed by atoms with E-state index >= 15 is 0 Å². The van der Waals surface area contributed by atoms with Crippen LogP contribution in [-0.2, 0) is 13.0 Å². The third kappa shape index (κ3) is 3.77. The summed E-state index contributed by atoms with van der Waals surface area (Å²) < 4.78 is 13.9. The van der Waals surface area contributed by atoms with Crippen molar-refractivity contribution in [2.24, 2.45) is 0 Å². The summed E-state index contributed by atoms with van der Waals surface area (Å²) in [6, 6.07) is 5.90. The first kappa shape index (κ1) is 18.6. The number of halogens is 1. The van der Waals surface area contributed by atoms with Gasteiger partial charge in [0, 0.05) is 44.7 Å². The first-order valence-electron chi connectivity index (χ1n) is 9.61. The summed E-state index contributed by atoms with van der Waals surface area (Å²) >= 11 is 0. The predicted octanol–water partition coefficient (Wildman–Crippen LogP) is 2.27. The van der Waals surface area contributed by atoms with Gasteiger partial charge >= 0.3 is 6.03 Å². The Kier molecular flexibility index (Phi) is 5.13. The molecule has 1 aromatic carbocycles. The molecule has 1 N–H and O–H groups in total. The number of rotatable bonds is 2. The Morgan fingerprint density at radius 3 is 2.61 bits per heavy atom. The summed E-state index contributed by atoms with van der Waals surface area (Å²) in [6.45, 7) is 6.66. The first-order chi connectivity index (χ1) is 13.5. The van der Waals surface area contributed by atoms with Gasteiger partial charge in [0.05, 0.1) is 17.9 Å². The molecule has 148 valence electrons. The van der Waals surface area contributed by atoms with Crippen molar-refractivity contribution >= 4 is 17.5 Å². The normalized spacial score (nSPS) is 17.4. The number of carbonyl (C=O) groups is 1. The van der Waals surface area contributed by atoms with E-state index in [2.05, 4.69) is 27.1 Å². The van der Waals surface area contributed by atoms with Gasteiger partial charge in [-0.2, -0.15) is 0 Å². The van der Waals surface area contributed by atoms with Crippen LogP contribution in [-0.4, -0.2) is 65.6 Å². The molecular formula is C20H25FN6O. The highest BCUT2D eigenvalue weighted by Crippen LogP contribution is 2.28. The number of amides is 2. The van der Waals surface area contributed by atoms with Crippen molar-refractivity contribution in [2.45, 2.75) is 19.9 Å². The van der Waals surface area contributed by atoms with Crippen LogP contribution in [0.3, 0.4) is 0 Å². The summed E-state index contributed by atoms with van der Waals surface area (Å²) in [5.41, 5.74) is 2.21. The first-order valence-corrected chi connectivity index (χ1v) is 9.61. The van der Waals surface area contributed by atoms with Gasteiger partial charge in [-0.1, -0.05) is 12.1 Å². The molecule has 1 aromatic heterocycles. The van der Waals surface area contributed by atoms with Crippen molar-refractivity contribution in [1.29, 1.82) is 0 Å². The van der Waals surface area contributed by atoms with Crippen molar-refractivity contribution in [3.8, 4) is 0 Å². The number of nitrogens with one attached hydrogen (secondary N) is 1. The summed E-state index contributed by atoms with van der Waals surface area (Å²) in [6.07, 6.45) is 0.671. The fourth-order valence-corrected chi connectivity index (χ4v) is 3.73. The van der Waals surface area contributed by atoms with Crippen molar-refractivity contribution in [2.75, 3.05) is 50.0 Å². The molecule has 8 heteroatoms. The molecule has 2 aliphatic rings. The molecule has 4 rings (SSSR count). The lowest BCUT2D eigenvalue weighted by Gasteiger charge is -2.37. The second-order valence-electron chi connectivity index (χ2n) is 7.39. The highest BCUT2D eigenvalue weighted by atomic mass is 19.1. The van der Waals surface area contributed by atoms with E-state index in [1.165, 1.54) is 6.07 Å². The van der Waals surface area contributed by atoms with Crippen LogP contribution in [0.4, 0.5) is 20.7 Å². The zero-order valence-corrected chi connectivity index (χ0v) is 16.3. The van der Waals surface area contributed by atoms with E-state index in [4.69, 9.17) is 4.98 Å². The molecule has 2 amide bonds. The average Bonchev–Trinajstić information content (AvgIpc) is 2.69. The van der Waals surface area contributed by atoms with E-state index in [1.807, 2.05) is 6.92 Å². The lowest BCUT2D eigenvalue weighted by Crippen LogP contribution is -2.46. The molecule has 0 spiro atoms. The monoisotopic (exact) mass is 384 g/mol. The molecule has 0 radical (unpaired) electrons. The third-order valence-electron chi connectivity index (χ3n) is 5.36. The van der Waals surface area contributed by atoms with Gasteiger partial charge in [0.25, 0.3) is 0 Å². The molecule has 1 fully saturated rings. The maximum atomic E-state index is 13.9. The van der Waals surface area contributed by atoms with Crippen LogP contribution in [0.15, 0.2) is 24.3 Å². The minimum Gasteiger partial charge on any atom is -0.354 e. The molecule has 0 aliphatic carbocycles. The number of benzene rings is 1. The molecule has 0 saturated carbocycles. The van der Waals surface area contributed by atoms with Crippen LogP contribution in [0.1, 0.15) is 17.1 Å². The number of likely N-dealkylation sites (N-methyl/N-ethyl adjacent to an activating group) is 1. The number of fused-ring (bicyclic) bond motifs is 1. The SMILES string of the molecule is Cc1nc2c(c(N3CCN(C)CC3)n1)CN(C(=O)Nc1ccccc1F)CC2. The van der Waals surface area contributed by atoms with Crippen molar-refractivity contribution < 1.29 is 9.18 Å². The standard InChI is InChI=1S/C20H25FN6O/c1-14-22-17-7-8-27(20(28)24-18-6-4-3-5-16(18)21)13-15(17)19(23-14)26-11-9-25(2)10-12-26/h3-6H,7-13H2,1-2H3,(H,24,28). The van der Waals surface area contributed by atoms with Gasteiger partial charge in [-0.25, -0.2) is 19.2 Å². The van der Waals surface area contributed by atoms with Crippen LogP contribution in [0.2, 0.25) is 0 Å². The van der Waals surface area contributed by atoms with Crippen LogP contribution in [0.25, 0.3) is 0 Å². The van der Waals surface area contributed by atoms with Crippen molar-refractivity contribution in [1.82, 2.24) is 19.8 Å². The van der Waals surface area contributed by atoms with E-state index in [9.17, 15) is 9.18 Å². The number of aryl methyl sites for hydroxylation is 1. The van der Waals surface area contributed by atoms with Gasteiger partial charge in [-0.3, -0.25) is 0 Å². The van der Waals surface area contributed by atoms with Gasteiger partial charge in [0.1, 0.15) is 17.5 Å². The number of para-hydroxylation sites is 1. The van der Waals surface area contributed by atoms with Crippen molar-refractivity contribution in [3.63, 3.8) is 0 Å². The van der Waals surface area contributed by atoms with Gasteiger partial charge < -0.3 is 20.0 Å². The zero-order valence-electron chi connectivity index (χ0n) is 16.3. The smallest absolute Gasteiger partial charge is 0.322 e. The second kappa shape index (κ2) is 7.71. The molecule has 0 bridgehead atoms. The molecule has 2 aliphatic heterocycles. The Hall–Kier alpha value is -2.74. The van der Waals surface area contributed by atoms with Gasteiger partial charge in [-0.05, 0) is 26.1 Å². The van der Waals surface area contributed by atoms with E-state index in [1.54, 1.807) is 23.1 Å². The summed E-state index contributed by atoms with van der Waals surface area (Å²) in [5.74, 6) is 1.25. The summed E-state index contributed by atoms with van der Waals surface area (Å²) in [5, 5.41) is 2.68. The maximum Gasteiger partial charge on any atom is 0.322 e. The number of aromatic nitrogens is 2. The quantitative estimate of drug-likeness (QED) is 0.861. The van der Waals surface area contributed by atoms with E-state index in [-0.39, 0.29) is 11.7 Å².